The Balaban J connectivity index is 2.37. The Morgan fingerprint density at radius 2 is 2.06 bits per heavy atom. The zero-order valence-corrected chi connectivity index (χ0v) is 11.5. The van der Waals surface area contributed by atoms with Gasteiger partial charge in [-0.15, -0.1) is 0 Å². The maximum atomic E-state index is 5.95. The topological polar surface area (TPSA) is 63.8 Å². The fourth-order valence-electron chi connectivity index (χ4n) is 1.19. The van der Waals surface area contributed by atoms with Crippen molar-refractivity contribution in [2.24, 2.45) is 0 Å². The van der Waals surface area contributed by atoms with Crippen LogP contribution in [-0.2, 0) is 0 Å². The van der Waals surface area contributed by atoms with Crippen LogP contribution in [0.3, 0.4) is 0 Å². The largest absolute Gasteiger partial charge is 0.368 e. The minimum absolute atomic E-state index is 0.148. The molecule has 0 aliphatic rings. The summed E-state index contributed by atoms with van der Waals surface area (Å²) in [6.45, 7) is 0. The van der Waals surface area contributed by atoms with Gasteiger partial charge < -0.3 is 11.1 Å². The van der Waals surface area contributed by atoms with E-state index >= 15 is 0 Å². The van der Waals surface area contributed by atoms with Gasteiger partial charge in [-0.3, -0.25) is 0 Å². The maximum Gasteiger partial charge on any atom is 0.222 e. The number of nitrogens with zero attached hydrogens (tertiary/aromatic N) is 2. The third-order valence-electron chi connectivity index (χ3n) is 1.94. The molecule has 0 saturated carbocycles. The number of nitrogen functional groups attached to an aromatic ring is 1. The Kier molecular flexibility index (Phi) is 3.71. The van der Waals surface area contributed by atoms with Crippen LogP contribution in [-0.4, -0.2) is 9.97 Å². The predicted octanol–water partition coefficient (Wildman–Crippen LogP) is 3.87. The highest BCUT2D eigenvalue weighted by Crippen LogP contribution is 2.30. The molecule has 0 unspecified atom stereocenters. The highest BCUT2D eigenvalue weighted by atomic mass is 79.9. The number of rotatable bonds is 2. The van der Waals surface area contributed by atoms with Crippen molar-refractivity contribution < 1.29 is 0 Å². The highest BCUT2D eigenvalue weighted by Gasteiger charge is 2.07. The Morgan fingerprint density at radius 1 is 1.29 bits per heavy atom. The molecule has 0 aliphatic carbocycles. The average molecular weight is 334 g/mol. The van der Waals surface area contributed by atoms with Crippen LogP contribution < -0.4 is 11.1 Å². The molecule has 7 heteroatoms. The first kappa shape index (κ1) is 12.4. The van der Waals surface area contributed by atoms with E-state index in [0.29, 0.717) is 15.9 Å². The first-order chi connectivity index (χ1) is 8.06. The number of halogens is 3. The number of hydrogen-bond acceptors (Lipinski definition) is 4. The van der Waals surface area contributed by atoms with Gasteiger partial charge in [0.2, 0.25) is 5.95 Å². The monoisotopic (exact) mass is 332 g/mol. The molecular weight excluding hydrogens is 327 g/mol. The van der Waals surface area contributed by atoms with Crippen LogP contribution in [0.2, 0.25) is 10.0 Å². The predicted molar refractivity (Wildman–Crippen MR) is 73.9 cm³/mol. The molecule has 0 saturated heterocycles. The molecular formula is C10H7BrCl2N4. The molecule has 2 aromatic rings. The minimum atomic E-state index is 0.148. The Bertz CT molecular complexity index is 512. The number of nitrogens with two attached hydrogens (primary N) is 1. The summed E-state index contributed by atoms with van der Waals surface area (Å²) >= 11 is 15.2. The SMILES string of the molecule is Nc1ncc(Cl)c(Nc2cc(Cl)ccc2Br)n1. The summed E-state index contributed by atoms with van der Waals surface area (Å²) in [7, 11) is 0. The number of hydrogen-bond donors (Lipinski definition) is 2. The quantitative estimate of drug-likeness (QED) is 0.875. The van der Waals surface area contributed by atoms with E-state index in [4.69, 9.17) is 28.9 Å². The van der Waals surface area contributed by atoms with E-state index in [1.165, 1.54) is 6.20 Å². The second kappa shape index (κ2) is 5.08. The van der Waals surface area contributed by atoms with Crippen molar-refractivity contribution in [3.63, 3.8) is 0 Å². The van der Waals surface area contributed by atoms with Crippen molar-refractivity contribution in [1.82, 2.24) is 9.97 Å². The van der Waals surface area contributed by atoms with Gasteiger partial charge in [0.1, 0.15) is 5.02 Å². The molecule has 0 atom stereocenters. The van der Waals surface area contributed by atoms with Crippen LogP contribution >= 0.6 is 39.1 Å². The molecule has 0 amide bonds. The summed E-state index contributed by atoms with van der Waals surface area (Å²) < 4.78 is 0.843. The summed E-state index contributed by atoms with van der Waals surface area (Å²) in [6, 6.07) is 5.34. The first-order valence-corrected chi connectivity index (χ1v) is 6.11. The van der Waals surface area contributed by atoms with Crippen LogP contribution in [0.15, 0.2) is 28.9 Å². The first-order valence-electron chi connectivity index (χ1n) is 4.56. The number of benzene rings is 1. The number of anilines is 3. The average Bonchev–Trinajstić information content (AvgIpc) is 2.28. The molecule has 1 aromatic carbocycles. The highest BCUT2D eigenvalue weighted by molar-refractivity contribution is 9.10. The van der Waals surface area contributed by atoms with E-state index < -0.39 is 0 Å². The summed E-state index contributed by atoms with van der Waals surface area (Å²) in [5.74, 6) is 0.581. The van der Waals surface area contributed by atoms with Gasteiger partial charge in [-0.25, -0.2) is 4.98 Å². The van der Waals surface area contributed by atoms with E-state index in [2.05, 4.69) is 31.2 Å². The molecule has 0 bridgehead atoms. The van der Waals surface area contributed by atoms with Gasteiger partial charge in [0.05, 0.1) is 11.9 Å². The summed E-state index contributed by atoms with van der Waals surface area (Å²) in [5.41, 5.74) is 6.24. The zero-order chi connectivity index (χ0) is 12.4. The second-order valence-corrected chi connectivity index (χ2v) is 4.87. The summed E-state index contributed by atoms with van der Waals surface area (Å²) in [6.07, 6.45) is 1.44. The lowest BCUT2D eigenvalue weighted by Gasteiger charge is -2.09. The van der Waals surface area contributed by atoms with Crippen molar-refractivity contribution in [3.05, 3.63) is 38.9 Å². The van der Waals surface area contributed by atoms with E-state index in [-0.39, 0.29) is 5.95 Å². The van der Waals surface area contributed by atoms with Crippen molar-refractivity contribution in [3.8, 4) is 0 Å². The van der Waals surface area contributed by atoms with Crippen LogP contribution in [0.5, 0.6) is 0 Å². The van der Waals surface area contributed by atoms with Crippen molar-refractivity contribution in [1.29, 1.82) is 0 Å². The van der Waals surface area contributed by atoms with E-state index in [1.54, 1.807) is 12.1 Å². The van der Waals surface area contributed by atoms with Gasteiger partial charge >= 0.3 is 0 Å². The lowest BCUT2D eigenvalue weighted by molar-refractivity contribution is 1.18. The van der Waals surface area contributed by atoms with Crippen molar-refractivity contribution in [2.45, 2.75) is 0 Å². The Hall–Kier alpha value is -1.04. The van der Waals surface area contributed by atoms with Gasteiger partial charge in [-0.1, -0.05) is 23.2 Å². The number of nitrogens with one attached hydrogen (secondary N) is 1. The molecule has 1 aromatic heterocycles. The lowest BCUT2D eigenvalue weighted by Crippen LogP contribution is -2.00. The second-order valence-electron chi connectivity index (χ2n) is 3.17. The Morgan fingerprint density at radius 3 is 2.82 bits per heavy atom. The summed E-state index contributed by atoms with van der Waals surface area (Å²) in [4.78, 5) is 7.78. The standard InChI is InChI=1S/C10H7BrCl2N4/c11-6-2-1-5(12)3-8(6)16-9-7(13)4-15-10(14)17-9/h1-4H,(H3,14,15,16,17). The van der Waals surface area contributed by atoms with Crippen LogP contribution in [0, 0.1) is 0 Å². The molecule has 0 fully saturated rings. The molecule has 4 nitrogen and oxygen atoms in total. The van der Waals surface area contributed by atoms with Crippen LogP contribution in [0.4, 0.5) is 17.5 Å². The van der Waals surface area contributed by atoms with Crippen LogP contribution in [0.1, 0.15) is 0 Å². The van der Waals surface area contributed by atoms with Gasteiger partial charge in [0.25, 0.3) is 0 Å². The van der Waals surface area contributed by atoms with E-state index in [1.807, 2.05) is 6.07 Å². The molecule has 17 heavy (non-hydrogen) atoms. The van der Waals surface area contributed by atoms with Gasteiger partial charge in [0.15, 0.2) is 5.82 Å². The Labute approximate surface area is 116 Å². The molecule has 1 heterocycles. The molecule has 0 aliphatic heterocycles. The van der Waals surface area contributed by atoms with E-state index in [0.717, 1.165) is 10.2 Å². The van der Waals surface area contributed by atoms with Gasteiger partial charge in [-0.2, -0.15) is 4.98 Å². The molecule has 88 valence electrons. The third-order valence-corrected chi connectivity index (χ3v) is 3.15. The van der Waals surface area contributed by atoms with Gasteiger partial charge in [-0.05, 0) is 34.1 Å². The van der Waals surface area contributed by atoms with Gasteiger partial charge in [0, 0.05) is 9.50 Å². The fraction of sp³-hybridized carbons (Fsp3) is 0. The lowest BCUT2D eigenvalue weighted by atomic mass is 10.3. The van der Waals surface area contributed by atoms with Crippen molar-refractivity contribution in [2.75, 3.05) is 11.1 Å². The van der Waals surface area contributed by atoms with Crippen molar-refractivity contribution >= 4 is 56.6 Å². The summed E-state index contributed by atoms with van der Waals surface area (Å²) in [5, 5.41) is 4.01. The normalized spacial score (nSPS) is 10.3. The van der Waals surface area contributed by atoms with E-state index in [9.17, 15) is 0 Å². The maximum absolute atomic E-state index is 5.95. The minimum Gasteiger partial charge on any atom is -0.368 e. The molecule has 0 radical (unpaired) electrons. The zero-order valence-electron chi connectivity index (χ0n) is 8.42. The third kappa shape index (κ3) is 3.00. The van der Waals surface area contributed by atoms with Crippen LogP contribution in [0.25, 0.3) is 0 Å². The fourth-order valence-corrected chi connectivity index (χ4v) is 1.85. The molecule has 2 rings (SSSR count). The number of aromatic nitrogens is 2. The smallest absolute Gasteiger partial charge is 0.222 e. The molecule has 3 N–H and O–H groups in total. The molecule has 0 spiro atoms.